The summed E-state index contributed by atoms with van der Waals surface area (Å²) in [5.74, 6) is 1.46. The van der Waals surface area contributed by atoms with Crippen LogP contribution in [0, 0.1) is 6.92 Å². The molecule has 0 aliphatic carbocycles. The molecule has 0 saturated heterocycles. The van der Waals surface area contributed by atoms with E-state index < -0.39 is 0 Å². The number of aryl methyl sites for hydroxylation is 1. The van der Waals surface area contributed by atoms with Crippen molar-refractivity contribution in [2.45, 2.75) is 19.9 Å². The van der Waals surface area contributed by atoms with E-state index in [0.29, 0.717) is 30.9 Å². The van der Waals surface area contributed by atoms with E-state index in [2.05, 4.69) is 9.97 Å². The first-order chi connectivity index (χ1) is 11.4. The van der Waals surface area contributed by atoms with Crippen LogP contribution in [0.1, 0.15) is 27.4 Å². The van der Waals surface area contributed by atoms with Gasteiger partial charge < -0.3 is 14.9 Å². The predicted molar refractivity (Wildman–Crippen MR) is 92.7 cm³/mol. The van der Waals surface area contributed by atoms with Crippen LogP contribution in [0.25, 0.3) is 0 Å². The van der Waals surface area contributed by atoms with Crippen LogP contribution in [0.15, 0.2) is 18.2 Å². The first kappa shape index (κ1) is 16.5. The van der Waals surface area contributed by atoms with Crippen LogP contribution in [-0.4, -0.2) is 46.5 Å². The fourth-order valence-corrected chi connectivity index (χ4v) is 3.08. The minimum absolute atomic E-state index is 0.0313. The van der Waals surface area contributed by atoms with Gasteiger partial charge in [-0.15, -0.1) is 0 Å². The number of phenolic OH excluding ortho intramolecular Hbond substituents is 1. The van der Waals surface area contributed by atoms with Crippen LogP contribution in [0.3, 0.4) is 0 Å². The Morgan fingerprint density at radius 2 is 2.08 bits per heavy atom. The van der Waals surface area contributed by atoms with Gasteiger partial charge in [0, 0.05) is 31.8 Å². The summed E-state index contributed by atoms with van der Waals surface area (Å²) < 4.78 is 0. The smallest absolute Gasteiger partial charge is 0.254 e. The predicted octanol–water partition coefficient (Wildman–Crippen LogP) is 2.41. The molecule has 0 radical (unpaired) electrons. The van der Waals surface area contributed by atoms with Gasteiger partial charge in [0.2, 0.25) is 0 Å². The lowest BCUT2D eigenvalue weighted by atomic mass is 10.0. The van der Waals surface area contributed by atoms with Crippen molar-refractivity contribution in [1.29, 1.82) is 0 Å². The topological polar surface area (TPSA) is 69.6 Å². The molecule has 0 spiro atoms. The number of rotatable bonds is 2. The van der Waals surface area contributed by atoms with Crippen molar-refractivity contribution in [2.24, 2.45) is 0 Å². The van der Waals surface area contributed by atoms with Gasteiger partial charge in [0.05, 0.1) is 17.3 Å². The quantitative estimate of drug-likeness (QED) is 0.904. The molecule has 0 fully saturated rings. The summed E-state index contributed by atoms with van der Waals surface area (Å²) >= 11 is 5.91. The summed E-state index contributed by atoms with van der Waals surface area (Å²) in [7, 11) is 3.91. The summed E-state index contributed by atoms with van der Waals surface area (Å²) in [6.45, 7) is 2.89. The molecule has 2 heterocycles. The third kappa shape index (κ3) is 3.01. The van der Waals surface area contributed by atoms with Gasteiger partial charge in [0.25, 0.3) is 5.91 Å². The fourth-order valence-electron chi connectivity index (χ4n) is 2.90. The van der Waals surface area contributed by atoms with Crippen molar-refractivity contribution in [3.63, 3.8) is 0 Å². The van der Waals surface area contributed by atoms with Crippen molar-refractivity contribution in [3.8, 4) is 5.75 Å². The molecule has 24 heavy (non-hydrogen) atoms. The Morgan fingerprint density at radius 1 is 1.33 bits per heavy atom. The summed E-state index contributed by atoms with van der Waals surface area (Å²) in [6, 6.07) is 4.50. The molecular weight excluding hydrogens is 328 g/mol. The number of carbonyl (C=O) groups is 1. The van der Waals surface area contributed by atoms with Crippen LogP contribution in [-0.2, 0) is 13.0 Å². The number of fused-ring (bicyclic) bond motifs is 1. The first-order valence-electron chi connectivity index (χ1n) is 7.68. The van der Waals surface area contributed by atoms with Crippen molar-refractivity contribution in [3.05, 3.63) is 45.9 Å². The second kappa shape index (κ2) is 6.28. The lowest BCUT2D eigenvalue weighted by molar-refractivity contribution is 0.0731. The molecule has 7 heteroatoms. The average molecular weight is 347 g/mol. The number of nitrogens with zero attached hydrogens (tertiary/aromatic N) is 4. The van der Waals surface area contributed by atoms with Crippen molar-refractivity contribution >= 4 is 23.3 Å². The molecular formula is C17H19ClN4O2. The lowest BCUT2D eigenvalue weighted by Gasteiger charge is -2.30. The van der Waals surface area contributed by atoms with Crippen LogP contribution in [0.4, 0.5) is 5.82 Å². The molecule has 1 aliphatic heterocycles. The molecule has 0 saturated carbocycles. The molecule has 2 aromatic rings. The molecule has 1 aromatic heterocycles. The van der Waals surface area contributed by atoms with Gasteiger partial charge in [0.1, 0.15) is 17.4 Å². The van der Waals surface area contributed by atoms with Crippen LogP contribution < -0.4 is 4.90 Å². The highest BCUT2D eigenvalue weighted by Gasteiger charge is 2.26. The molecule has 6 nitrogen and oxygen atoms in total. The van der Waals surface area contributed by atoms with E-state index in [0.717, 1.165) is 17.1 Å². The number of hydrogen-bond acceptors (Lipinski definition) is 5. The van der Waals surface area contributed by atoms with Crippen molar-refractivity contribution < 1.29 is 9.90 Å². The Hall–Kier alpha value is -2.34. The minimum Gasteiger partial charge on any atom is -0.506 e. The molecule has 1 aliphatic rings. The number of aromatic hydroxyl groups is 1. The van der Waals surface area contributed by atoms with Gasteiger partial charge in [-0.2, -0.15) is 0 Å². The monoisotopic (exact) mass is 346 g/mol. The molecule has 1 aromatic carbocycles. The molecule has 0 unspecified atom stereocenters. The standard InChI is InChI=1S/C17H19ClN4O2/c1-10-19-14-9-22(7-6-12(14)16(20-10)21(2)3)17(24)11-4-5-15(23)13(18)8-11/h4-5,8,23H,6-7,9H2,1-3H3. The van der Waals surface area contributed by atoms with Gasteiger partial charge in [-0.05, 0) is 31.5 Å². The maximum absolute atomic E-state index is 12.7. The Labute approximate surface area is 145 Å². The largest absolute Gasteiger partial charge is 0.506 e. The Bertz CT molecular complexity index is 807. The molecule has 1 amide bonds. The Kier molecular flexibility index (Phi) is 4.32. The fraction of sp³-hybridized carbons (Fsp3) is 0.353. The molecule has 0 atom stereocenters. The highest BCUT2D eigenvalue weighted by atomic mass is 35.5. The number of carbonyl (C=O) groups excluding carboxylic acids is 1. The number of phenols is 1. The SMILES string of the molecule is Cc1nc2c(c(N(C)C)n1)CCN(C(=O)c1ccc(O)c(Cl)c1)C2. The zero-order valence-electron chi connectivity index (χ0n) is 13.9. The number of benzene rings is 1. The summed E-state index contributed by atoms with van der Waals surface area (Å²) in [5.41, 5.74) is 2.44. The molecule has 1 N–H and O–H groups in total. The number of halogens is 1. The minimum atomic E-state index is -0.120. The van der Waals surface area contributed by atoms with Crippen LogP contribution in [0.2, 0.25) is 5.02 Å². The van der Waals surface area contributed by atoms with Gasteiger partial charge in [0.15, 0.2) is 0 Å². The van der Waals surface area contributed by atoms with Crippen LogP contribution in [0.5, 0.6) is 5.75 Å². The van der Waals surface area contributed by atoms with E-state index in [9.17, 15) is 9.90 Å². The van der Waals surface area contributed by atoms with E-state index >= 15 is 0 Å². The van der Waals surface area contributed by atoms with Crippen molar-refractivity contribution in [1.82, 2.24) is 14.9 Å². The van der Waals surface area contributed by atoms with E-state index in [4.69, 9.17) is 11.6 Å². The van der Waals surface area contributed by atoms with E-state index in [1.807, 2.05) is 25.9 Å². The van der Waals surface area contributed by atoms with Gasteiger partial charge in [-0.3, -0.25) is 4.79 Å². The lowest BCUT2D eigenvalue weighted by Crippen LogP contribution is -2.37. The zero-order chi connectivity index (χ0) is 17.4. The highest BCUT2D eigenvalue weighted by molar-refractivity contribution is 6.32. The summed E-state index contributed by atoms with van der Waals surface area (Å²) in [4.78, 5) is 25.5. The molecule has 0 bridgehead atoms. The van der Waals surface area contributed by atoms with E-state index in [1.54, 1.807) is 11.0 Å². The van der Waals surface area contributed by atoms with Gasteiger partial charge >= 0.3 is 0 Å². The van der Waals surface area contributed by atoms with Gasteiger partial charge in [-0.25, -0.2) is 9.97 Å². The second-order valence-electron chi connectivity index (χ2n) is 6.06. The summed E-state index contributed by atoms with van der Waals surface area (Å²) in [6.07, 6.45) is 0.709. The second-order valence-corrected chi connectivity index (χ2v) is 6.46. The number of anilines is 1. The third-order valence-corrected chi connectivity index (χ3v) is 4.36. The zero-order valence-corrected chi connectivity index (χ0v) is 14.6. The maximum atomic E-state index is 12.7. The highest BCUT2D eigenvalue weighted by Crippen LogP contribution is 2.28. The maximum Gasteiger partial charge on any atom is 0.254 e. The molecule has 3 rings (SSSR count). The Balaban J connectivity index is 1.89. The van der Waals surface area contributed by atoms with E-state index in [-0.39, 0.29) is 16.7 Å². The Morgan fingerprint density at radius 3 is 2.75 bits per heavy atom. The van der Waals surface area contributed by atoms with Gasteiger partial charge in [-0.1, -0.05) is 11.6 Å². The number of aromatic nitrogens is 2. The number of amides is 1. The third-order valence-electron chi connectivity index (χ3n) is 4.06. The molecule has 126 valence electrons. The van der Waals surface area contributed by atoms with Crippen molar-refractivity contribution in [2.75, 3.05) is 25.5 Å². The van der Waals surface area contributed by atoms with E-state index in [1.165, 1.54) is 12.1 Å². The summed E-state index contributed by atoms with van der Waals surface area (Å²) in [5, 5.41) is 9.67. The number of hydrogen-bond donors (Lipinski definition) is 1. The average Bonchev–Trinajstić information content (AvgIpc) is 2.55. The normalized spacial score (nSPS) is 13.6. The van der Waals surface area contributed by atoms with Crippen LogP contribution >= 0.6 is 11.6 Å². The first-order valence-corrected chi connectivity index (χ1v) is 8.06.